The van der Waals surface area contributed by atoms with E-state index in [4.69, 9.17) is 0 Å². The first-order chi connectivity index (χ1) is 8.30. The quantitative estimate of drug-likeness (QED) is 0.692. The summed E-state index contributed by atoms with van der Waals surface area (Å²) in [5, 5.41) is 6.96. The lowest BCUT2D eigenvalue weighted by Crippen LogP contribution is -2.50. The van der Waals surface area contributed by atoms with E-state index in [2.05, 4.69) is 10.6 Å². The molecule has 4 saturated carbocycles. The van der Waals surface area contributed by atoms with Crippen LogP contribution >= 0.6 is 0 Å². The molecule has 0 amide bonds. The Balaban J connectivity index is 1.49. The van der Waals surface area contributed by atoms with Gasteiger partial charge >= 0.3 is 0 Å². The van der Waals surface area contributed by atoms with Crippen LogP contribution in [0.25, 0.3) is 0 Å². The van der Waals surface area contributed by atoms with Crippen LogP contribution < -0.4 is 10.6 Å². The molecule has 4 aliphatic rings. The van der Waals surface area contributed by atoms with Crippen molar-refractivity contribution in [2.24, 2.45) is 23.2 Å². The summed E-state index contributed by atoms with van der Waals surface area (Å²) >= 11 is 0. The van der Waals surface area contributed by atoms with Crippen molar-refractivity contribution in [3.05, 3.63) is 0 Å². The second-order valence-electron chi connectivity index (χ2n) is 7.05. The SMILES string of the molecule is CNCCCNCC12CC3CC(CC(C3)C1)C2. The van der Waals surface area contributed by atoms with E-state index < -0.39 is 0 Å². The highest BCUT2D eigenvalue weighted by molar-refractivity contribution is 5.02. The molecule has 98 valence electrons. The van der Waals surface area contributed by atoms with E-state index in [0.717, 1.165) is 24.3 Å². The Morgan fingerprint density at radius 2 is 1.53 bits per heavy atom. The highest BCUT2D eigenvalue weighted by Gasteiger charge is 2.50. The smallest absolute Gasteiger partial charge is 0.000812 e. The second kappa shape index (κ2) is 4.89. The van der Waals surface area contributed by atoms with Gasteiger partial charge in [0.1, 0.15) is 0 Å². The van der Waals surface area contributed by atoms with Crippen LogP contribution in [0.4, 0.5) is 0 Å². The molecule has 2 heteroatoms. The molecule has 0 aliphatic heterocycles. The maximum absolute atomic E-state index is 3.74. The lowest BCUT2D eigenvalue weighted by molar-refractivity contribution is -0.0511. The fraction of sp³-hybridized carbons (Fsp3) is 1.00. The summed E-state index contributed by atoms with van der Waals surface area (Å²) in [6, 6.07) is 0. The standard InChI is InChI=1S/C15H28N2/c1-16-3-2-4-17-11-15-8-12-5-13(9-15)7-14(6-12)10-15/h12-14,16-17H,2-11H2,1H3. The van der Waals surface area contributed by atoms with Gasteiger partial charge in [0.15, 0.2) is 0 Å². The molecule has 2 N–H and O–H groups in total. The van der Waals surface area contributed by atoms with Crippen LogP contribution in [0.2, 0.25) is 0 Å². The predicted molar refractivity (Wildman–Crippen MR) is 72.0 cm³/mol. The summed E-state index contributed by atoms with van der Waals surface area (Å²) < 4.78 is 0. The van der Waals surface area contributed by atoms with Crippen molar-refractivity contribution >= 4 is 0 Å². The lowest BCUT2D eigenvalue weighted by atomic mass is 9.49. The molecule has 0 unspecified atom stereocenters. The van der Waals surface area contributed by atoms with Crippen molar-refractivity contribution in [3.63, 3.8) is 0 Å². The van der Waals surface area contributed by atoms with E-state index in [-0.39, 0.29) is 0 Å². The van der Waals surface area contributed by atoms with Gasteiger partial charge in [0.25, 0.3) is 0 Å². The van der Waals surface area contributed by atoms with Crippen molar-refractivity contribution in [2.45, 2.75) is 44.9 Å². The largest absolute Gasteiger partial charge is 0.320 e. The highest BCUT2D eigenvalue weighted by Crippen LogP contribution is 2.59. The summed E-state index contributed by atoms with van der Waals surface area (Å²) in [7, 11) is 2.04. The summed E-state index contributed by atoms with van der Waals surface area (Å²) in [5.41, 5.74) is 0.717. The number of nitrogens with one attached hydrogen (secondary N) is 2. The molecule has 0 atom stereocenters. The van der Waals surface area contributed by atoms with E-state index in [0.29, 0.717) is 5.41 Å². The minimum absolute atomic E-state index is 0.717. The molecule has 17 heavy (non-hydrogen) atoms. The molecule has 0 saturated heterocycles. The molecule has 4 aliphatic carbocycles. The molecule has 2 nitrogen and oxygen atoms in total. The van der Waals surface area contributed by atoms with Crippen molar-refractivity contribution in [2.75, 3.05) is 26.7 Å². The zero-order chi connectivity index (χ0) is 11.7. The van der Waals surface area contributed by atoms with E-state index in [9.17, 15) is 0 Å². The van der Waals surface area contributed by atoms with Gasteiger partial charge in [-0.15, -0.1) is 0 Å². The fourth-order valence-electron chi connectivity index (χ4n) is 5.25. The van der Waals surface area contributed by atoms with E-state index in [1.807, 2.05) is 7.05 Å². The lowest BCUT2D eigenvalue weighted by Gasteiger charge is -2.57. The zero-order valence-electron chi connectivity index (χ0n) is 11.3. The van der Waals surface area contributed by atoms with Gasteiger partial charge in [0, 0.05) is 6.54 Å². The average Bonchev–Trinajstić information content (AvgIpc) is 2.26. The summed E-state index contributed by atoms with van der Waals surface area (Å²) in [4.78, 5) is 0. The second-order valence-corrected chi connectivity index (χ2v) is 7.05. The summed E-state index contributed by atoms with van der Waals surface area (Å²) in [6.45, 7) is 3.65. The predicted octanol–water partition coefficient (Wildman–Crippen LogP) is 2.40. The van der Waals surface area contributed by atoms with Crippen LogP contribution in [0.5, 0.6) is 0 Å². The minimum atomic E-state index is 0.717. The summed E-state index contributed by atoms with van der Waals surface area (Å²) in [5.74, 6) is 3.29. The van der Waals surface area contributed by atoms with Gasteiger partial charge in [0.05, 0.1) is 0 Å². The van der Waals surface area contributed by atoms with Crippen LogP contribution in [-0.2, 0) is 0 Å². The van der Waals surface area contributed by atoms with Gasteiger partial charge in [-0.05, 0) is 88.3 Å². The van der Waals surface area contributed by atoms with Crippen LogP contribution in [0.15, 0.2) is 0 Å². The van der Waals surface area contributed by atoms with E-state index in [1.54, 1.807) is 38.5 Å². The normalized spacial score (nSPS) is 43.2. The van der Waals surface area contributed by atoms with E-state index in [1.165, 1.54) is 19.5 Å². The molecule has 0 radical (unpaired) electrons. The van der Waals surface area contributed by atoms with Gasteiger partial charge in [-0.2, -0.15) is 0 Å². The maximum Gasteiger partial charge on any atom is 0.000812 e. The first-order valence-corrected chi connectivity index (χ1v) is 7.65. The van der Waals surface area contributed by atoms with Gasteiger partial charge in [0.2, 0.25) is 0 Å². The zero-order valence-corrected chi connectivity index (χ0v) is 11.3. The van der Waals surface area contributed by atoms with Crippen molar-refractivity contribution in [1.29, 1.82) is 0 Å². The van der Waals surface area contributed by atoms with Gasteiger partial charge in [-0.1, -0.05) is 0 Å². The number of hydrogen-bond acceptors (Lipinski definition) is 2. The first kappa shape index (κ1) is 12.0. The Hall–Kier alpha value is -0.0800. The van der Waals surface area contributed by atoms with Crippen LogP contribution in [0.3, 0.4) is 0 Å². The fourth-order valence-corrected chi connectivity index (χ4v) is 5.25. The van der Waals surface area contributed by atoms with Crippen LogP contribution in [0.1, 0.15) is 44.9 Å². The molecular weight excluding hydrogens is 208 g/mol. The molecule has 4 fully saturated rings. The average molecular weight is 236 g/mol. The van der Waals surface area contributed by atoms with Crippen molar-refractivity contribution in [3.8, 4) is 0 Å². The Labute approximate surface area is 106 Å². The third kappa shape index (κ3) is 2.53. The molecule has 0 aromatic heterocycles. The number of rotatable bonds is 6. The van der Waals surface area contributed by atoms with E-state index >= 15 is 0 Å². The molecule has 4 bridgehead atoms. The van der Waals surface area contributed by atoms with Gasteiger partial charge < -0.3 is 10.6 Å². The maximum atomic E-state index is 3.74. The number of hydrogen-bond donors (Lipinski definition) is 2. The Morgan fingerprint density at radius 1 is 0.941 bits per heavy atom. The Bertz CT molecular complexity index is 226. The van der Waals surface area contributed by atoms with Crippen LogP contribution in [-0.4, -0.2) is 26.7 Å². The van der Waals surface area contributed by atoms with Crippen molar-refractivity contribution < 1.29 is 0 Å². The van der Waals surface area contributed by atoms with Gasteiger partial charge in [-0.25, -0.2) is 0 Å². The highest BCUT2D eigenvalue weighted by atomic mass is 14.9. The molecule has 0 heterocycles. The first-order valence-electron chi connectivity index (χ1n) is 7.65. The topological polar surface area (TPSA) is 24.1 Å². The van der Waals surface area contributed by atoms with Gasteiger partial charge in [-0.3, -0.25) is 0 Å². The Kier molecular flexibility index (Phi) is 3.45. The Morgan fingerprint density at radius 3 is 2.06 bits per heavy atom. The third-order valence-corrected chi connectivity index (χ3v) is 5.45. The molecule has 0 aromatic rings. The van der Waals surface area contributed by atoms with Crippen molar-refractivity contribution in [1.82, 2.24) is 10.6 Å². The monoisotopic (exact) mass is 236 g/mol. The summed E-state index contributed by atoms with van der Waals surface area (Å²) in [6.07, 6.45) is 10.6. The molecule has 0 spiro atoms. The van der Waals surface area contributed by atoms with Crippen LogP contribution in [0, 0.1) is 23.2 Å². The molecular formula is C15H28N2. The molecule has 4 rings (SSSR count). The minimum Gasteiger partial charge on any atom is -0.320 e. The third-order valence-electron chi connectivity index (χ3n) is 5.45. The molecule has 0 aromatic carbocycles.